The van der Waals surface area contributed by atoms with Gasteiger partial charge < -0.3 is 9.84 Å². The zero-order chi connectivity index (χ0) is 9.22. The lowest BCUT2D eigenvalue weighted by atomic mass is 9.75. The van der Waals surface area contributed by atoms with Crippen molar-refractivity contribution in [3.8, 4) is 6.07 Å². The van der Waals surface area contributed by atoms with Gasteiger partial charge in [-0.3, -0.25) is 4.79 Å². The summed E-state index contributed by atoms with van der Waals surface area (Å²) in [5.41, 5.74) is -0.908. The fourth-order valence-electron chi connectivity index (χ4n) is 3.15. The van der Waals surface area contributed by atoms with Crippen molar-refractivity contribution in [2.24, 2.45) is 17.3 Å². The van der Waals surface area contributed by atoms with Gasteiger partial charge in [-0.05, 0) is 18.8 Å². The Morgan fingerprint density at radius 3 is 3.08 bits per heavy atom. The van der Waals surface area contributed by atoms with Gasteiger partial charge in [0.05, 0.1) is 12.2 Å². The van der Waals surface area contributed by atoms with Crippen LogP contribution in [0.5, 0.6) is 0 Å². The Labute approximate surface area is 75.1 Å². The molecule has 3 aliphatic rings. The van der Waals surface area contributed by atoms with Gasteiger partial charge in [0, 0.05) is 5.92 Å². The number of aliphatic hydroxyl groups excluding tert-OH is 1. The molecule has 0 spiro atoms. The van der Waals surface area contributed by atoms with E-state index in [9.17, 15) is 9.90 Å². The van der Waals surface area contributed by atoms with E-state index in [0.29, 0.717) is 6.42 Å². The summed E-state index contributed by atoms with van der Waals surface area (Å²) >= 11 is 0. The van der Waals surface area contributed by atoms with Crippen LogP contribution in [0.25, 0.3) is 0 Å². The molecule has 0 radical (unpaired) electrons. The van der Waals surface area contributed by atoms with Crippen LogP contribution in [0.3, 0.4) is 0 Å². The molecule has 2 aliphatic carbocycles. The fourth-order valence-corrected chi connectivity index (χ4v) is 3.15. The van der Waals surface area contributed by atoms with Gasteiger partial charge in [0.25, 0.3) is 0 Å². The van der Waals surface area contributed by atoms with Crippen LogP contribution in [0.4, 0.5) is 0 Å². The van der Waals surface area contributed by atoms with E-state index in [-0.39, 0.29) is 11.8 Å². The van der Waals surface area contributed by atoms with Crippen molar-refractivity contribution >= 4 is 5.97 Å². The van der Waals surface area contributed by atoms with E-state index in [4.69, 9.17) is 10.00 Å². The predicted octanol–water partition coefficient (Wildman–Crippen LogP) is -0.178. The Morgan fingerprint density at radius 2 is 2.46 bits per heavy atom. The molecule has 68 valence electrons. The quantitative estimate of drug-likeness (QED) is 0.524. The molecule has 1 saturated heterocycles. The highest BCUT2D eigenvalue weighted by Crippen LogP contribution is 2.61. The monoisotopic (exact) mass is 179 g/mol. The number of aliphatic hydroxyl groups is 1. The van der Waals surface area contributed by atoms with Gasteiger partial charge in [-0.25, -0.2) is 0 Å². The van der Waals surface area contributed by atoms with Crippen LogP contribution in [0.1, 0.15) is 12.8 Å². The topological polar surface area (TPSA) is 70.3 Å². The minimum atomic E-state index is -0.908. The largest absolute Gasteiger partial charge is 0.458 e. The third-order valence-corrected chi connectivity index (χ3v) is 3.80. The highest BCUT2D eigenvalue weighted by molar-refractivity contribution is 5.84. The molecule has 2 bridgehead atoms. The van der Waals surface area contributed by atoms with Gasteiger partial charge in [-0.2, -0.15) is 5.26 Å². The second kappa shape index (κ2) is 1.88. The molecule has 2 saturated carbocycles. The predicted molar refractivity (Wildman–Crippen MR) is 40.1 cm³/mol. The molecule has 4 nitrogen and oxygen atoms in total. The Balaban J connectivity index is 2.12. The molecule has 13 heavy (non-hydrogen) atoms. The highest BCUT2D eigenvalue weighted by atomic mass is 16.6. The first-order chi connectivity index (χ1) is 6.19. The van der Waals surface area contributed by atoms with E-state index >= 15 is 0 Å². The number of carbonyl (C=O) groups is 1. The maximum Gasteiger partial charge on any atom is 0.327 e. The van der Waals surface area contributed by atoms with Crippen LogP contribution in [0.15, 0.2) is 0 Å². The van der Waals surface area contributed by atoms with Gasteiger partial charge in [0.1, 0.15) is 6.10 Å². The number of nitrogens with zero attached hydrogens (tertiary/aromatic N) is 1. The standard InChI is InChI=1S/C9H9NO3/c10-3-9-2-4-1-5(9)7(6(4)11)13-8(9)12/h4-7,11H,1-2H2. The Kier molecular flexibility index (Phi) is 1.06. The Morgan fingerprint density at radius 1 is 1.69 bits per heavy atom. The van der Waals surface area contributed by atoms with Gasteiger partial charge in [0.15, 0.2) is 5.41 Å². The number of nitriles is 1. The second-order valence-electron chi connectivity index (χ2n) is 4.25. The lowest BCUT2D eigenvalue weighted by molar-refractivity contribution is -0.147. The highest BCUT2D eigenvalue weighted by Gasteiger charge is 2.70. The summed E-state index contributed by atoms with van der Waals surface area (Å²) in [5, 5.41) is 18.6. The summed E-state index contributed by atoms with van der Waals surface area (Å²) in [7, 11) is 0. The van der Waals surface area contributed by atoms with Crippen molar-refractivity contribution in [2.75, 3.05) is 0 Å². The Bertz CT molecular complexity index is 334. The van der Waals surface area contributed by atoms with Crippen molar-refractivity contribution in [3.05, 3.63) is 0 Å². The van der Waals surface area contributed by atoms with Crippen LogP contribution >= 0.6 is 0 Å². The molecule has 3 fully saturated rings. The minimum Gasteiger partial charge on any atom is -0.458 e. The van der Waals surface area contributed by atoms with E-state index in [1.54, 1.807) is 0 Å². The molecule has 4 heteroatoms. The summed E-state index contributed by atoms with van der Waals surface area (Å²) in [6, 6.07) is 2.08. The summed E-state index contributed by atoms with van der Waals surface area (Å²) in [4.78, 5) is 11.4. The van der Waals surface area contributed by atoms with Crippen LogP contribution < -0.4 is 0 Å². The minimum absolute atomic E-state index is 0.0509. The first-order valence-corrected chi connectivity index (χ1v) is 4.49. The summed E-state index contributed by atoms with van der Waals surface area (Å²) in [5.74, 6) is -0.366. The smallest absolute Gasteiger partial charge is 0.327 e. The normalized spacial score (nSPS) is 56.5. The molecular formula is C9H9NO3. The maximum absolute atomic E-state index is 11.4. The number of fused-ring (bicyclic) bond motifs is 1. The van der Waals surface area contributed by atoms with E-state index in [0.717, 1.165) is 6.42 Å². The van der Waals surface area contributed by atoms with E-state index < -0.39 is 23.6 Å². The molecule has 1 heterocycles. The van der Waals surface area contributed by atoms with Gasteiger partial charge in [0.2, 0.25) is 0 Å². The summed E-state index contributed by atoms with van der Waals surface area (Å²) < 4.78 is 5.03. The van der Waals surface area contributed by atoms with Gasteiger partial charge >= 0.3 is 5.97 Å². The zero-order valence-corrected chi connectivity index (χ0v) is 6.93. The molecule has 0 aromatic carbocycles. The van der Waals surface area contributed by atoms with Gasteiger partial charge in [-0.15, -0.1) is 0 Å². The lowest BCUT2D eigenvalue weighted by Crippen LogP contribution is -2.36. The van der Waals surface area contributed by atoms with Crippen molar-refractivity contribution in [2.45, 2.75) is 25.0 Å². The zero-order valence-electron chi connectivity index (χ0n) is 6.93. The molecule has 1 N–H and O–H groups in total. The molecule has 5 atom stereocenters. The van der Waals surface area contributed by atoms with E-state index in [2.05, 4.69) is 6.07 Å². The lowest BCUT2D eigenvalue weighted by Gasteiger charge is -2.23. The summed E-state index contributed by atoms with van der Waals surface area (Å²) in [6.07, 6.45) is 0.333. The van der Waals surface area contributed by atoms with Crippen molar-refractivity contribution in [1.82, 2.24) is 0 Å². The summed E-state index contributed by atoms with van der Waals surface area (Å²) in [6.45, 7) is 0. The Hall–Kier alpha value is -1.08. The first-order valence-electron chi connectivity index (χ1n) is 4.49. The third kappa shape index (κ3) is 0.574. The number of hydrogen-bond acceptors (Lipinski definition) is 4. The average Bonchev–Trinajstić information content (AvgIpc) is 2.68. The molecule has 5 unspecified atom stereocenters. The van der Waals surface area contributed by atoms with Crippen LogP contribution in [0, 0.1) is 28.6 Å². The maximum atomic E-state index is 11.4. The molecule has 0 aromatic heterocycles. The van der Waals surface area contributed by atoms with Crippen LogP contribution in [0.2, 0.25) is 0 Å². The van der Waals surface area contributed by atoms with E-state index in [1.807, 2.05) is 0 Å². The number of ether oxygens (including phenoxy) is 1. The number of carbonyl (C=O) groups excluding carboxylic acids is 1. The van der Waals surface area contributed by atoms with Crippen molar-refractivity contribution < 1.29 is 14.6 Å². The number of hydrogen-bond donors (Lipinski definition) is 1. The van der Waals surface area contributed by atoms with Crippen LogP contribution in [-0.4, -0.2) is 23.3 Å². The van der Waals surface area contributed by atoms with Crippen LogP contribution in [-0.2, 0) is 9.53 Å². The van der Waals surface area contributed by atoms with Crippen molar-refractivity contribution in [1.29, 1.82) is 5.26 Å². The fraction of sp³-hybridized carbons (Fsp3) is 0.778. The number of esters is 1. The molecule has 0 amide bonds. The molecular weight excluding hydrogens is 170 g/mol. The van der Waals surface area contributed by atoms with Gasteiger partial charge in [-0.1, -0.05) is 0 Å². The number of rotatable bonds is 0. The SMILES string of the molecule is N#CC12CC3CC1C(OC2=O)C3O. The van der Waals surface area contributed by atoms with E-state index in [1.165, 1.54) is 0 Å². The molecule has 3 rings (SSSR count). The first kappa shape index (κ1) is 7.34. The average molecular weight is 179 g/mol. The second-order valence-corrected chi connectivity index (χ2v) is 4.25. The third-order valence-electron chi connectivity index (χ3n) is 3.80. The van der Waals surface area contributed by atoms with Crippen molar-refractivity contribution in [3.63, 3.8) is 0 Å². The molecule has 1 aliphatic heterocycles. The molecule has 0 aromatic rings.